The van der Waals surface area contributed by atoms with Crippen LogP contribution in [0, 0.1) is 0 Å². The van der Waals surface area contributed by atoms with Crippen molar-refractivity contribution < 1.29 is 14.2 Å². The van der Waals surface area contributed by atoms with Gasteiger partial charge in [0, 0.05) is 20.4 Å². The highest BCUT2D eigenvalue weighted by molar-refractivity contribution is 6.32. The molecule has 0 saturated carbocycles. The maximum Gasteiger partial charge on any atom is 0.395 e. The molecule has 1 rings (SSSR count). The number of aryl methyl sites for hydroxylation is 1. The number of anilines is 1. The standard InChI is InChI=1S/C7H12BN3O3/c1-11-4-5(10-8-14-3)9-6(11)7(12)13-2/h4,8,10H,1-3H3. The van der Waals surface area contributed by atoms with Gasteiger partial charge in [-0.2, -0.15) is 0 Å². The van der Waals surface area contributed by atoms with Crippen LogP contribution >= 0.6 is 0 Å². The number of imidazole rings is 1. The molecule has 0 atom stereocenters. The van der Waals surface area contributed by atoms with E-state index in [1.54, 1.807) is 24.9 Å². The summed E-state index contributed by atoms with van der Waals surface area (Å²) in [5.41, 5.74) is 0. The average molecular weight is 197 g/mol. The molecule has 0 saturated heterocycles. The van der Waals surface area contributed by atoms with Crippen molar-refractivity contribution >= 4 is 19.4 Å². The molecular formula is C7H12BN3O3. The molecule has 0 fully saturated rings. The Morgan fingerprint density at radius 1 is 1.64 bits per heavy atom. The molecule has 1 aromatic rings. The van der Waals surface area contributed by atoms with E-state index in [0.29, 0.717) is 13.4 Å². The number of carbonyl (C=O) groups is 1. The smallest absolute Gasteiger partial charge is 0.395 e. The van der Waals surface area contributed by atoms with Crippen LogP contribution in [-0.2, 0) is 16.4 Å². The van der Waals surface area contributed by atoms with Gasteiger partial charge in [-0.05, 0) is 0 Å². The Morgan fingerprint density at radius 3 is 2.93 bits per heavy atom. The third kappa shape index (κ3) is 2.26. The summed E-state index contributed by atoms with van der Waals surface area (Å²) < 4.78 is 10.9. The second kappa shape index (κ2) is 4.66. The zero-order valence-corrected chi connectivity index (χ0v) is 8.40. The van der Waals surface area contributed by atoms with E-state index in [1.807, 2.05) is 0 Å². The first-order chi connectivity index (χ1) is 6.69. The van der Waals surface area contributed by atoms with Gasteiger partial charge in [0.15, 0.2) is 0 Å². The summed E-state index contributed by atoms with van der Waals surface area (Å²) in [5, 5.41) is 2.87. The van der Waals surface area contributed by atoms with Crippen LogP contribution < -0.4 is 5.23 Å². The van der Waals surface area contributed by atoms with Crippen molar-refractivity contribution in [1.29, 1.82) is 0 Å². The maximum absolute atomic E-state index is 11.2. The first-order valence-electron chi connectivity index (χ1n) is 4.03. The molecule has 1 N–H and O–H groups in total. The fourth-order valence-corrected chi connectivity index (χ4v) is 0.979. The van der Waals surface area contributed by atoms with Gasteiger partial charge < -0.3 is 19.2 Å². The molecule has 0 amide bonds. The van der Waals surface area contributed by atoms with E-state index in [-0.39, 0.29) is 5.82 Å². The summed E-state index contributed by atoms with van der Waals surface area (Å²) in [4.78, 5) is 15.2. The van der Waals surface area contributed by atoms with Crippen molar-refractivity contribution in [1.82, 2.24) is 9.55 Å². The molecule has 1 aromatic heterocycles. The Kier molecular flexibility index (Phi) is 3.52. The van der Waals surface area contributed by atoms with Crippen LogP contribution in [0.5, 0.6) is 0 Å². The molecule has 76 valence electrons. The Hall–Kier alpha value is -1.50. The molecule has 1 heterocycles. The Labute approximate surface area is 82.5 Å². The van der Waals surface area contributed by atoms with Crippen molar-refractivity contribution in [2.75, 3.05) is 19.4 Å². The third-order valence-electron chi connectivity index (χ3n) is 1.64. The van der Waals surface area contributed by atoms with Gasteiger partial charge in [-0.15, -0.1) is 0 Å². The fourth-order valence-electron chi connectivity index (χ4n) is 0.979. The minimum atomic E-state index is -0.460. The zero-order chi connectivity index (χ0) is 10.6. The number of methoxy groups -OCH3 is 1. The summed E-state index contributed by atoms with van der Waals surface area (Å²) in [6, 6.07) is 0. The lowest BCUT2D eigenvalue weighted by atomic mass is 10.3. The number of ether oxygens (including phenoxy) is 1. The molecule has 6 nitrogen and oxygen atoms in total. The first-order valence-corrected chi connectivity index (χ1v) is 4.03. The second-order valence-electron chi connectivity index (χ2n) is 2.66. The number of carbonyl (C=O) groups excluding carboxylic acids is 1. The van der Waals surface area contributed by atoms with Crippen LogP contribution in [0.4, 0.5) is 5.82 Å². The number of esters is 1. The molecule has 0 radical (unpaired) electrons. The Morgan fingerprint density at radius 2 is 2.36 bits per heavy atom. The summed E-state index contributed by atoms with van der Waals surface area (Å²) >= 11 is 0. The van der Waals surface area contributed by atoms with Gasteiger partial charge in [-0.3, -0.25) is 0 Å². The fraction of sp³-hybridized carbons (Fsp3) is 0.429. The molecule has 0 spiro atoms. The molecular weight excluding hydrogens is 185 g/mol. The molecule has 7 heteroatoms. The van der Waals surface area contributed by atoms with E-state index >= 15 is 0 Å². The minimum Gasteiger partial charge on any atom is -0.463 e. The van der Waals surface area contributed by atoms with E-state index in [0.717, 1.165) is 0 Å². The molecule has 0 unspecified atom stereocenters. The number of aromatic nitrogens is 2. The third-order valence-corrected chi connectivity index (χ3v) is 1.64. The zero-order valence-electron chi connectivity index (χ0n) is 8.40. The largest absolute Gasteiger partial charge is 0.463 e. The summed E-state index contributed by atoms with van der Waals surface area (Å²) in [6.45, 7) is 0. The van der Waals surface area contributed by atoms with Crippen molar-refractivity contribution in [3.05, 3.63) is 12.0 Å². The highest BCUT2D eigenvalue weighted by Crippen LogP contribution is 2.06. The predicted octanol–water partition coefficient (Wildman–Crippen LogP) is -0.469. The van der Waals surface area contributed by atoms with Crippen molar-refractivity contribution in [2.24, 2.45) is 7.05 Å². The van der Waals surface area contributed by atoms with Crippen LogP contribution in [0.25, 0.3) is 0 Å². The first kappa shape index (κ1) is 10.6. The topological polar surface area (TPSA) is 65.4 Å². The van der Waals surface area contributed by atoms with Gasteiger partial charge in [-0.1, -0.05) is 0 Å². The molecule has 0 aromatic carbocycles. The van der Waals surface area contributed by atoms with E-state index < -0.39 is 5.97 Å². The average Bonchev–Trinajstić information content (AvgIpc) is 2.55. The Balaban J connectivity index is 2.77. The van der Waals surface area contributed by atoms with Crippen LogP contribution in [0.2, 0.25) is 0 Å². The van der Waals surface area contributed by atoms with Gasteiger partial charge in [0.2, 0.25) is 5.82 Å². The van der Waals surface area contributed by atoms with E-state index in [1.165, 1.54) is 7.11 Å². The number of nitrogens with zero attached hydrogens (tertiary/aromatic N) is 2. The summed E-state index contributed by atoms with van der Waals surface area (Å²) in [6.07, 6.45) is 1.69. The van der Waals surface area contributed by atoms with Gasteiger partial charge >= 0.3 is 13.6 Å². The van der Waals surface area contributed by atoms with E-state index in [2.05, 4.69) is 14.9 Å². The van der Waals surface area contributed by atoms with Gasteiger partial charge in [0.25, 0.3) is 0 Å². The molecule has 0 aliphatic carbocycles. The summed E-state index contributed by atoms with van der Waals surface area (Å²) in [7, 11) is 4.95. The van der Waals surface area contributed by atoms with Gasteiger partial charge in [-0.25, -0.2) is 9.78 Å². The normalized spacial score (nSPS) is 9.64. The lowest BCUT2D eigenvalue weighted by molar-refractivity contribution is 0.0583. The monoisotopic (exact) mass is 197 g/mol. The van der Waals surface area contributed by atoms with E-state index in [4.69, 9.17) is 4.65 Å². The van der Waals surface area contributed by atoms with Crippen molar-refractivity contribution in [3.8, 4) is 0 Å². The Bertz CT molecular complexity index is 326. The molecule has 0 aliphatic rings. The second-order valence-corrected chi connectivity index (χ2v) is 2.66. The van der Waals surface area contributed by atoms with Crippen LogP contribution in [0.15, 0.2) is 6.20 Å². The highest BCUT2D eigenvalue weighted by atomic mass is 16.5. The van der Waals surface area contributed by atoms with Crippen LogP contribution in [-0.4, -0.2) is 37.4 Å². The van der Waals surface area contributed by atoms with Crippen molar-refractivity contribution in [2.45, 2.75) is 0 Å². The molecule has 14 heavy (non-hydrogen) atoms. The number of nitrogens with one attached hydrogen (secondary N) is 1. The molecule has 0 aliphatic heterocycles. The maximum atomic E-state index is 11.2. The number of hydrogen-bond donors (Lipinski definition) is 1. The predicted molar refractivity (Wildman–Crippen MR) is 52.3 cm³/mol. The number of rotatable bonds is 4. The lowest BCUT2D eigenvalue weighted by Crippen LogP contribution is -2.10. The quantitative estimate of drug-likeness (QED) is 0.522. The summed E-state index contributed by atoms with van der Waals surface area (Å²) in [5.74, 6) is 0.374. The van der Waals surface area contributed by atoms with Gasteiger partial charge in [0.05, 0.1) is 7.11 Å². The SMILES string of the molecule is COBNc1cn(C)c(C(=O)OC)n1. The van der Waals surface area contributed by atoms with Gasteiger partial charge in [0.1, 0.15) is 5.82 Å². The van der Waals surface area contributed by atoms with Crippen LogP contribution in [0.1, 0.15) is 10.6 Å². The molecule has 0 bridgehead atoms. The number of hydrogen-bond acceptors (Lipinski definition) is 5. The minimum absolute atomic E-state index is 0.256. The van der Waals surface area contributed by atoms with E-state index in [9.17, 15) is 4.79 Å². The van der Waals surface area contributed by atoms with Crippen LogP contribution in [0.3, 0.4) is 0 Å². The highest BCUT2D eigenvalue weighted by Gasteiger charge is 2.13. The van der Waals surface area contributed by atoms with Crippen molar-refractivity contribution in [3.63, 3.8) is 0 Å². The lowest BCUT2D eigenvalue weighted by Gasteiger charge is -1.96.